The molecular weight excluding hydrogens is 139 g/mol. The third-order valence-electron chi connectivity index (χ3n) is 2.47. The first-order chi connectivity index (χ1) is 5.11. The van der Waals surface area contributed by atoms with Crippen LogP contribution in [0.3, 0.4) is 0 Å². The van der Waals surface area contributed by atoms with Gasteiger partial charge >= 0.3 is 0 Å². The minimum Gasteiger partial charge on any atom is -0.247 e. The minimum atomic E-state index is -0.581. The van der Waals surface area contributed by atoms with Crippen molar-refractivity contribution in [2.45, 2.75) is 53.1 Å². The van der Waals surface area contributed by atoms with E-state index in [1.54, 1.807) is 0 Å². The molecule has 0 spiro atoms. The second-order valence-electron chi connectivity index (χ2n) is 3.65. The van der Waals surface area contributed by atoms with Gasteiger partial charge in [0.25, 0.3) is 0 Å². The molecule has 1 heteroatoms. The second kappa shape index (κ2) is 5.56. The van der Waals surface area contributed by atoms with E-state index in [0.717, 1.165) is 12.8 Å². The molecule has 0 aliphatic carbocycles. The predicted molar refractivity (Wildman–Crippen MR) is 48.4 cm³/mol. The maximum Gasteiger partial charge on any atom is 0.100 e. The van der Waals surface area contributed by atoms with E-state index in [9.17, 15) is 4.39 Å². The third-order valence-corrected chi connectivity index (χ3v) is 2.47. The lowest BCUT2D eigenvalue weighted by molar-refractivity contribution is 0.223. The highest BCUT2D eigenvalue weighted by molar-refractivity contribution is 4.66. The van der Waals surface area contributed by atoms with Gasteiger partial charge in [0, 0.05) is 0 Å². The maximum atomic E-state index is 12.9. The number of hydrogen-bond donors (Lipinski definition) is 0. The molecule has 2 atom stereocenters. The summed E-state index contributed by atoms with van der Waals surface area (Å²) in [5.74, 6) is 1.20. The fraction of sp³-hybridized carbons (Fsp3) is 1.00. The average Bonchev–Trinajstić information content (AvgIpc) is 1.99. The van der Waals surface area contributed by atoms with Crippen LogP contribution in [-0.2, 0) is 0 Å². The van der Waals surface area contributed by atoms with Crippen LogP contribution >= 0.6 is 0 Å². The smallest absolute Gasteiger partial charge is 0.100 e. The Hall–Kier alpha value is -0.0700. The lowest BCUT2D eigenvalue weighted by Gasteiger charge is -2.20. The van der Waals surface area contributed by atoms with Gasteiger partial charge < -0.3 is 0 Å². The summed E-state index contributed by atoms with van der Waals surface area (Å²) in [5, 5.41) is 0. The summed E-state index contributed by atoms with van der Waals surface area (Å²) >= 11 is 0. The summed E-state index contributed by atoms with van der Waals surface area (Å²) in [6.07, 6.45) is 1.95. The second-order valence-corrected chi connectivity index (χ2v) is 3.65. The summed E-state index contributed by atoms with van der Waals surface area (Å²) in [6, 6.07) is 0. The highest BCUT2D eigenvalue weighted by Crippen LogP contribution is 2.22. The van der Waals surface area contributed by atoms with Crippen molar-refractivity contribution in [1.29, 1.82) is 0 Å². The van der Waals surface area contributed by atoms with Crippen molar-refractivity contribution in [3.05, 3.63) is 0 Å². The molecule has 68 valence electrons. The zero-order valence-electron chi connectivity index (χ0n) is 8.23. The van der Waals surface area contributed by atoms with Crippen LogP contribution in [0.25, 0.3) is 0 Å². The van der Waals surface area contributed by atoms with Crippen LogP contribution in [-0.4, -0.2) is 6.17 Å². The molecule has 0 aromatic heterocycles. The van der Waals surface area contributed by atoms with Gasteiger partial charge in [-0.05, 0) is 24.7 Å². The molecule has 0 aliphatic heterocycles. The SMILES string of the molecule is CCC(F)CC(CC)C(C)C. The van der Waals surface area contributed by atoms with E-state index in [2.05, 4.69) is 20.8 Å². The van der Waals surface area contributed by atoms with Crippen LogP contribution in [0.2, 0.25) is 0 Å². The Morgan fingerprint density at radius 3 is 1.91 bits per heavy atom. The Bertz CT molecular complexity index is 88.9. The Morgan fingerprint density at radius 2 is 1.64 bits per heavy atom. The van der Waals surface area contributed by atoms with Gasteiger partial charge in [-0.25, -0.2) is 4.39 Å². The Balaban J connectivity index is 3.68. The zero-order chi connectivity index (χ0) is 8.85. The maximum absolute atomic E-state index is 12.9. The van der Waals surface area contributed by atoms with E-state index in [-0.39, 0.29) is 0 Å². The highest BCUT2D eigenvalue weighted by atomic mass is 19.1. The molecule has 0 saturated heterocycles. The number of halogens is 1. The fourth-order valence-electron chi connectivity index (χ4n) is 1.41. The van der Waals surface area contributed by atoms with Gasteiger partial charge in [0.1, 0.15) is 6.17 Å². The van der Waals surface area contributed by atoms with Gasteiger partial charge in [0.2, 0.25) is 0 Å². The molecule has 0 aliphatic rings. The molecule has 0 aromatic carbocycles. The summed E-state index contributed by atoms with van der Waals surface area (Å²) in [6.45, 7) is 8.41. The molecule has 0 amide bonds. The van der Waals surface area contributed by atoms with Crippen LogP contribution in [0.4, 0.5) is 4.39 Å². The van der Waals surface area contributed by atoms with Crippen molar-refractivity contribution < 1.29 is 4.39 Å². The number of alkyl halides is 1. The quantitative estimate of drug-likeness (QED) is 0.573. The van der Waals surface area contributed by atoms with Crippen molar-refractivity contribution >= 4 is 0 Å². The van der Waals surface area contributed by atoms with Gasteiger partial charge in [0.15, 0.2) is 0 Å². The molecule has 2 unspecified atom stereocenters. The highest BCUT2D eigenvalue weighted by Gasteiger charge is 2.15. The number of hydrogen-bond acceptors (Lipinski definition) is 0. The summed E-state index contributed by atoms with van der Waals surface area (Å²) in [7, 11) is 0. The van der Waals surface area contributed by atoms with Crippen LogP contribution in [0, 0.1) is 11.8 Å². The van der Waals surface area contributed by atoms with Crippen molar-refractivity contribution in [2.24, 2.45) is 11.8 Å². The van der Waals surface area contributed by atoms with Gasteiger partial charge in [-0.15, -0.1) is 0 Å². The van der Waals surface area contributed by atoms with Gasteiger partial charge in [-0.2, -0.15) is 0 Å². The van der Waals surface area contributed by atoms with Crippen molar-refractivity contribution in [2.75, 3.05) is 0 Å². The zero-order valence-corrected chi connectivity index (χ0v) is 8.23. The van der Waals surface area contributed by atoms with E-state index in [1.807, 2.05) is 6.92 Å². The molecule has 0 aromatic rings. The third kappa shape index (κ3) is 4.39. The molecule has 0 fully saturated rings. The van der Waals surface area contributed by atoms with Crippen LogP contribution in [0.1, 0.15) is 47.0 Å². The average molecular weight is 160 g/mol. The molecular formula is C10H21F. The first-order valence-corrected chi connectivity index (χ1v) is 4.75. The molecule has 0 N–H and O–H groups in total. The lowest BCUT2D eigenvalue weighted by Crippen LogP contribution is -2.13. The molecule has 0 nitrogen and oxygen atoms in total. The fourth-order valence-corrected chi connectivity index (χ4v) is 1.41. The molecule has 0 rings (SSSR count). The van der Waals surface area contributed by atoms with E-state index in [1.165, 1.54) is 0 Å². The molecule has 0 heterocycles. The van der Waals surface area contributed by atoms with Crippen molar-refractivity contribution in [3.8, 4) is 0 Å². The number of rotatable bonds is 5. The first kappa shape index (κ1) is 10.9. The predicted octanol–water partition coefficient (Wildman–Crippen LogP) is 3.81. The van der Waals surface area contributed by atoms with Crippen molar-refractivity contribution in [1.82, 2.24) is 0 Å². The first-order valence-electron chi connectivity index (χ1n) is 4.75. The van der Waals surface area contributed by atoms with Crippen molar-refractivity contribution in [3.63, 3.8) is 0 Å². The Morgan fingerprint density at radius 1 is 1.09 bits per heavy atom. The minimum absolute atomic E-state index is 0.574. The molecule has 0 saturated carbocycles. The van der Waals surface area contributed by atoms with E-state index in [4.69, 9.17) is 0 Å². The van der Waals surface area contributed by atoms with Gasteiger partial charge in [-0.1, -0.05) is 34.1 Å². The van der Waals surface area contributed by atoms with E-state index < -0.39 is 6.17 Å². The largest absolute Gasteiger partial charge is 0.247 e. The van der Waals surface area contributed by atoms with E-state index in [0.29, 0.717) is 18.3 Å². The summed E-state index contributed by atoms with van der Waals surface area (Å²) < 4.78 is 12.9. The summed E-state index contributed by atoms with van der Waals surface area (Å²) in [5.41, 5.74) is 0. The topological polar surface area (TPSA) is 0 Å². The Kier molecular flexibility index (Phi) is 5.53. The Labute approximate surface area is 70.2 Å². The van der Waals surface area contributed by atoms with Crippen LogP contribution in [0.15, 0.2) is 0 Å². The normalized spacial score (nSPS) is 16.9. The van der Waals surface area contributed by atoms with Gasteiger partial charge in [0.05, 0.1) is 0 Å². The molecule has 0 bridgehead atoms. The lowest BCUT2D eigenvalue weighted by atomic mass is 9.88. The standard InChI is InChI=1S/C10H21F/c1-5-9(8(3)4)7-10(11)6-2/h8-10H,5-7H2,1-4H3. The van der Waals surface area contributed by atoms with Crippen LogP contribution < -0.4 is 0 Å². The monoisotopic (exact) mass is 160 g/mol. The van der Waals surface area contributed by atoms with Crippen LogP contribution in [0.5, 0.6) is 0 Å². The summed E-state index contributed by atoms with van der Waals surface area (Å²) in [4.78, 5) is 0. The molecule has 0 radical (unpaired) electrons. The molecule has 11 heavy (non-hydrogen) atoms. The van der Waals surface area contributed by atoms with E-state index >= 15 is 0 Å². The van der Waals surface area contributed by atoms with Gasteiger partial charge in [-0.3, -0.25) is 0 Å².